The van der Waals surface area contributed by atoms with E-state index in [1.165, 1.54) is 25.3 Å². The molecule has 0 spiro atoms. The van der Waals surface area contributed by atoms with Gasteiger partial charge in [-0.25, -0.2) is 4.39 Å². The van der Waals surface area contributed by atoms with E-state index in [0.29, 0.717) is 18.3 Å². The van der Waals surface area contributed by atoms with Crippen molar-refractivity contribution in [1.82, 2.24) is 0 Å². The summed E-state index contributed by atoms with van der Waals surface area (Å²) < 4.78 is 13.7. The normalized spacial score (nSPS) is 29.1. The molecule has 1 aromatic rings. The van der Waals surface area contributed by atoms with Crippen LogP contribution in [0.2, 0.25) is 0 Å². The van der Waals surface area contributed by atoms with Crippen LogP contribution in [0, 0.1) is 34.9 Å². The molecule has 4 atom stereocenters. The van der Waals surface area contributed by atoms with Gasteiger partial charge in [-0.1, -0.05) is 24.6 Å². The first-order valence-corrected chi connectivity index (χ1v) is 7.35. The van der Waals surface area contributed by atoms with Gasteiger partial charge in [0.2, 0.25) is 0 Å². The number of halogens is 1. The van der Waals surface area contributed by atoms with Crippen molar-refractivity contribution in [3.8, 4) is 6.07 Å². The summed E-state index contributed by atoms with van der Waals surface area (Å²) in [4.78, 5) is 12.4. The maximum Gasteiger partial charge on any atom is 0.154 e. The molecule has 1 aromatic carbocycles. The van der Waals surface area contributed by atoms with Crippen LogP contribution in [0.5, 0.6) is 0 Å². The topological polar surface area (TPSA) is 40.9 Å². The summed E-state index contributed by atoms with van der Waals surface area (Å²) in [5.41, 5.74) is 0.225. The molecule has 0 aliphatic heterocycles. The Morgan fingerprint density at radius 1 is 1.35 bits per heavy atom. The average molecular weight is 271 g/mol. The molecule has 20 heavy (non-hydrogen) atoms. The number of rotatable bonds is 4. The van der Waals surface area contributed by atoms with Crippen molar-refractivity contribution in [2.45, 2.75) is 38.0 Å². The van der Waals surface area contributed by atoms with E-state index < -0.39 is 11.7 Å². The van der Waals surface area contributed by atoms with Gasteiger partial charge in [0.1, 0.15) is 11.7 Å². The minimum atomic E-state index is -0.949. The quantitative estimate of drug-likeness (QED) is 0.835. The lowest BCUT2D eigenvalue weighted by Gasteiger charge is -2.21. The molecule has 2 bridgehead atoms. The highest BCUT2D eigenvalue weighted by molar-refractivity contribution is 5.88. The molecule has 0 saturated heterocycles. The molecule has 0 N–H and O–H groups in total. The maximum atomic E-state index is 13.7. The molecular formula is C17H18FNO. The van der Waals surface area contributed by atoms with Crippen LogP contribution in [0.3, 0.4) is 0 Å². The Bertz CT molecular complexity index is 562. The second-order valence-electron chi connectivity index (χ2n) is 6.19. The van der Waals surface area contributed by atoms with Crippen molar-refractivity contribution < 1.29 is 9.18 Å². The highest BCUT2D eigenvalue weighted by Crippen LogP contribution is 2.50. The lowest BCUT2D eigenvalue weighted by molar-refractivity contribution is -0.120. The summed E-state index contributed by atoms with van der Waals surface area (Å²) in [6, 6.07) is 8.09. The van der Waals surface area contributed by atoms with Gasteiger partial charge in [0.25, 0.3) is 0 Å². The first-order chi connectivity index (χ1) is 9.69. The smallest absolute Gasteiger partial charge is 0.154 e. The van der Waals surface area contributed by atoms with E-state index in [-0.39, 0.29) is 11.3 Å². The molecule has 0 radical (unpaired) electrons. The van der Waals surface area contributed by atoms with Gasteiger partial charge in [-0.2, -0.15) is 5.26 Å². The zero-order chi connectivity index (χ0) is 14.1. The number of ketones is 1. The van der Waals surface area contributed by atoms with Crippen LogP contribution >= 0.6 is 0 Å². The van der Waals surface area contributed by atoms with Crippen molar-refractivity contribution in [1.29, 1.82) is 5.26 Å². The summed E-state index contributed by atoms with van der Waals surface area (Å²) >= 11 is 0. The fourth-order valence-electron chi connectivity index (χ4n) is 4.03. The molecule has 104 valence electrons. The average Bonchev–Trinajstić information content (AvgIpc) is 3.04. The summed E-state index contributed by atoms with van der Waals surface area (Å²) in [5.74, 6) is 0.338. The molecule has 0 heterocycles. The molecule has 3 rings (SSSR count). The van der Waals surface area contributed by atoms with E-state index in [1.54, 1.807) is 18.2 Å². The van der Waals surface area contributed by atoms with Gasteiger partial charge in [0.15, 0.2) is 5.78 Å². The minimum absolute atomic E-state index is 0.116. The third-order valence-corrected chi connectivity index (χ3v) is 5.02. The van der Waals surface area contributed by atoms with E-state index in [4.69, 9.17) is 0 Å². The fourth-order valence-corrected chi connectivity index (χ4v) is 4.03. The Morgan fingerprint density at radius 3 is 2.75 bits per heavy atom. The Kier molecular flexibility index (Phi) is 3.56. The zero-order valence-electron chi connectivity index (χ0n) is 11.4. The van der Waals surface area contributed by atoms with Gasteiger partial charge in [0, 0.05) is 12.0 Å². The van der Waals surface area contributed by atoms with Gasteiger partial charge in [0.05, 0.1) is 6.07 Å². The molecule has 2 aliphatic rings. The van der Waals surface area contributed by atoms with E-state index in [1.807, 2.05) is 6.07 Å². The maximum absolute atomic E-state index is 13.7. The number of hydrogen-bond acceptors (Lipinski definition) is 2. The second-order valence-corrected chi connectivity index (χ2v) is 6.19. The number of nitrogens with zero attached hydrogens (tertiary/aromatic N) is 1. The van der Waals surface area contributed by atoms with Crippen molar-refractivity contribution in [2.75, 3.05) is 0 Å². The molecule has 4 unspecified atom stereocenters. The van der Waals surface area contributed by atoms with Crippen LogP contribution in [0.1, 0.15) is 43.6 Å². The lowest BCUT2D eigenvalue weighted by Crippen LogP contribution is -2.20. The second kappa shape index (κ2) is 5.36. The zero-order valence-corrected chi connectivity index (χ0v) is 11.4. The number of benzene rings is 1. The Hall–Kier alpha value is -1.69. The molecule has 2 saturated carbocycles. The number of hydrogen-bond donors (Lipinski definition) is 0. The van der Waals surface area contributed by atoms with Gasteiger partial charge in [-0.3, -0.25) is 4.79 Å². The van der Waals surface area contributed by atoms with Crippen LogP contribution in [0.4, 0.5) is 4.39 Å². The summed E-state index contributed by atoms with van der Waals surface area (Å²) in [6.07, 6.45) is 5.32. The van der Waals surface area contributed by atoms with Crippen LogP contribution < -0.4 is 0 Å². The fraction of sp³-hybridized carbons (Fsp3) is 0.529. The minimum Gasteiger partial charge on any atom is -0.298 e. The van der Waals surface area contributed by atoms with E-state index >= 15 is 0 Å². The number of nitriles is 1. The van der Waals surface area contributed by atoms with E-state index in [2.05, 4.69) is 0 Å². The van der Waals surface area contributed by atoms with Gasteiger partial charge < -0.3 is 0 Å². The predicted octanol–water partition coefficient (Wildman–Crippen LogP) is 3.83. The summed E-state index contributed by atoms with van der Waals surface area (Å²) in [5, 5.41) is 9.24. The van der Waals surface area contributed by atoms with Crippen molar-refractivity contribution in [3.63, 3.8) is 0 Å². The first kappa shape index (κ1) is 13.3. The molecule has 2 aliphatic carbocycles. The van der Waals surface area contributed by atoms with E-state index in [0.717, 1.165) is 12.3 Å². The number of Topliss-reactive ketones (excluding diaryl/α,β-unsaturated/α-hetero) is 1. The molecule has 2 nitrogen and oxygen atoms in total. The summed E-state index contributed by atoms with van der Waals surface area (Å²) in [7, 11) is 0. The van der Waals surface area contributed by atoms with E-state index in [9.17, 15) is 14.4 Å². The monoisotopic (exact) mass is 271 g/mol. The molecule has 3 heteroatoms. The lowest BCUT2D eigenvalue weighted by atomic mass is 9.82. The van der Waals surface area contributed by atoms with Crippen LogP contribution in [0.25, 0.3) is 0 Å². The predicted molar refractivity (Wildman–Crippen MR) is 73.3 cm³/mol. The number of fused-ring (bicyclic) bond motifs is 2. The third-order valence-electron chi connectivity index (χ3n) is 5.02. The first-order valence-electron chi connectivity index (χ1n) is 7.35. The molecule has 0 aromatic heterocycles. The Labute approximate surface area is 118 Å². The van der Waals surface area contributed by atoms with Crippen LogP contribution in [-0.2, 0) is 4.79 Å². The number of carbonyl (C=O) groups is 1. The molecule has 0 amide bonds. The van der Waals surface area contributed by atoms with Crippen LogP contribution in [0.15, 0.2) is 24.3 Å². The number of carbonyl (C=O) groups excluding carboxylic acids is 1. The van der Waals surface area contributed by atoms with Crippen molar-refractivity contribution in [2.24, 2.45) is 17.8 Å². The van der Waals surface area contributed by atoms with Crippen molar-refractivity contribution >= 4 is 5.78 Å². The van der Waals surface area contributed by atoms with Crippen molar-refractivity contribution in [3.05, 3.63) is 35.6 Å². The highest BCUT2D eigenvalue weighted by Gasteiger charge is 2.41. The Balaban J connectivity index is 1.72. The molecular weight excluding hydrogens is 253 g/mol. The summed E-state index contributed by atoms with van der Waals surface area (Å²) in [6.45, 7) is 0. The highest BCUT2D eigenvalue weighted by atomic mass is 19.1. The van der Waals surface area contributed by atoms with Gasteiger partial charge in [-0.15, -0.1) is 0 Å². The third kappa shape index (κ3) is 2.35. The SMILES string of the molecule is N#CC(C(=O)CC1CC2CCC1C2)c1ccccc1F. The van der Waals surface area contributed by atoms with Crippen LogP contribution in [-0.4, -0.2) is 5.78 Å². The molecule has 2 fully saturated rings. The van der Waals surface area contributed by atoms with Gasteiger partial charge >= 0.3 is 0 Å². The standard InChI is InChI=1S/C17H18FNO/c18-16-4-2-1-3-14(16)15(10-19)17(20)9-13-8-11-5-6-12(13)7-11/h1-4,11-13,15H,5-9H2. The van der Waals surface area contributed by atoms with Gasteiger partial charge in [-0.05, 0) is 43.1 Å². The Morgan fingerprint density at radius 2 is 2.15 bits per heavy atom. The largest absolute Gasteiger partial charge is 0.298 e.